The highest BCUT2D eigenvalue weighted by Crippen LogP contribution is 2.39. The van der Waals surface area contributed by atoms with Crippen LogP contribution in [-0.2, 0) is 0 Å². The second-order valence-corrected chi connectivity index (χ2v) is 4.17. The molecular formula is C10H18N2. The number of rotatable bonds is 1. The van der Waals surface area contributed by atoms with Crippen LogP contribution in [0, 0.1) is 5.41 Å². The zero-order valence-electron chi connectivity index (χ0n) is 7.98. The first kappa shape index (κ1) is 8.27. The fraction of sp³-hybridized carbons (Fsp3) is 0.800. The van der Waals surface area contributed by atoms with Crippen molar-refractivity contribution in [3.63, 3.8) is 0 Å². The standard InChI is InChI=1S/C10H18N2/c1-10-7-12-6-8(10)4-3-5-9(10)11-2/h4,9,11-12H,3,5-7H2,1-2H3/t9-,10-/m1/s1. The fourth-order valence-corrected chi connectivity index (χ4v) is 2.63. The van der Waals surface area contributed by atoms with Crippen molar-refractivity contribution in [3.8, 4) is 0 Å². The van der Waals surface area contributed by atoms with Crippen molar-refractivity contribution in [2.24, 2.45) is 5.41 Å². The van der Waals surface area contributed by atoms with Gasteiger partial charge in [-0.3, -0.25) is 0 Å². The molecule has 1 aliphatic carbocycles. The van der Waals surface area contributed by atoms with Gasteiger partial charge in [-0.15, -0.1) is 0 Å². The molecule has 1 heterocycles. The van der Waals surface area contributed by atoms with E-state index < -0.39 is 0 Å². The van der Waals surface area contributed by atoms with E-state index >= 15 is 0 Å². The average molecular weight is 166 g/mol. The van der Waals surface area contributed by atoms with Gasteiger partial charge in [-0.05, 0) is 19.9 Å². The van der Waals surface area contributed by atoms with Crippen molar-refractivity contribution in [1.29, 1.82) is 0 Å². The Morgan fingerprint density at radius 3 is 3.25 bits per heavy atom. The van der Waals surface area contributed by atoms with Crippen LogP contribution >= 0.6 is 0 Å². The van der Waals surface area contributed by atoms with Crippen LogP contribution in [0.15, 0.2) is 11.6 Å². The molecule has 2 N–H and O–H groups in total. The summed E-state index contributed by atoms with van der Waals surface area (Å²) in [5.41, 5.74) is 2.01. The summed E-state index contributed by atoms with van der Waals surface area (Å²) in [5.74, 6) is 0. The van der Waals surface area contributed by atoms with Crippen LogP contribution in [-0.4, -0.2) is 26.2 Å². The van der Waals surface area contributed by atoms with Gasteiger partial charge in [0, 0.05) is 24.5 Å². The number of nitrogens with one attached hydrogen (secondary N) is 2. The lowest BCUT2D eigenvalue weighted by atomic mass is 9.72. The summed E-state index contributed by atoms with van der Waals surface area (Å²) in [4.78, 5) is 0. The minimum atomic E-state index is 0.396. The van der Waals surface area contributed by atoms with Gasteiger partial charge in [0.15, 0.2) is 0 Å². The fourth-order valence-electron chi connectivity index (χ4n) is 2.63. The number of hydrogen-bond donors (Lipinski definition) is 2. The molecule has 1 saturated heterocycles. The highest BCUT2D eigenvalue weighted by Gasteiger charge is 2.41. The molecule has 0 spiro atoms. The first-order valence-corrected chi connectivity index (χ1v) is 4.85. The first-order chi connectivity index (χ1) is 5.77. The van der Waals surface area contributed by atoms with Gasteiger partial charge in [-0.2, -0.15) is 0 Å². The highest BCUT2D eigenvalue weighted by atomic mass is 15.0. The molecule has 0 radical (unpaired) electrons. The quantitative estimate of drug-likeness (QED) is 0.566. The Bertz CT molecular complexity index is 210. The topological polar surface area (TPSA) is 24.1 Å². The van der Waals surface area contributed by atoms with E-state index in [1.54, 1.807) is 5.57 Å². The zero-order chi connectivity index (χ0) is 8.60. The Morgan fingerprint density at radius 1 is 1.67 bits per heavy atom. The van der Waals surface area contributed by atoms with Gasteiger partial charge in [-0.25, -0.2) is 0 Å². The second kappa shape index (κ2) is 2.86. The lowest BCUT2D eigenvalue weighted by Crippen LogP contribution is -2.45. The Morgan fingerprint density at radius 2 is 2.50 bits per heavy atom. The molecular weight excluding hydrogens is 148 g/mol. The molecule has 2 rings (SSSR count). The maximum atomic E-state index is 3.46. The number of hydrogen-bond acceptors (Lipinski definition) is 2. The largest absolute Gasteiger partial charge is 0.316 e. The van der Waals surface area contributed by atoms with Crippen molar-refractivity contribution < 1.29 is 0 Å². The third-order valence-corrected chi connectivity index (χ3v) is 3.50. The first-order valence-electron chi connectivity index (χ1n) is 4.85. The maximum Gasteiger partial charge on any atom is 0.0174 e. The molecule has 0 aromatic heterocycles. The number of fused-ring (bicyclic) bond motifs is 1. The van der Waals surface area contributed by atoms with Crippen LogP contribution in [0.4, 0.5) is 0 Å². The normalized spacial score (nSPS) is 40.8. The molecule has 1 fully saturated rings. The average Bonchev–Trinajstić information content (AvgIpc) is 2.45. The summed E-state index contributed by atoms with van der Waals surface area (Å²) in [6.07, 6.45) is 4.96. The molecule has 68 valence electrons. The van der Waals surface area contributed by atoms with E-state index in [1.807, 2.05) is 0 Å². The van der Waals surface area contributed by atoms with Crippen LogP contribution in [0.3, 0.4) is 0 Å². The van der Waals surface area contributed by atoms with Gasteiger partial charge in [0.2, 0.25) is 0 Å². The van der Waals surface area contributed by atoms with Crippen LogP contribution in [0.25, 0.3) is 0 Å². The summed E-state index contributed by atoms with van der Waals surface area (Å²) < 4.78 is 0. The third-order valence-electron chi connectivity index (χ3n) is 3.50. The molecule has 0 saturated carbocycles. The summed E-state index contributed by atoms with van der Waals surface area (Å²) in [5, 5.41) is 6.90. The van der Waals surface area contributed by atoms with Crippen molar-refractivity contribution >= 4 is 0 Å². The van der Waals surface area contributed by atoms with Gasteiger partial charge >= 0.3 is 0 Å². The second-order valence-electron chi connectivity index (χ2n) is 4.17. The molecule has 12 heavy (non-hydrogen) atoms. The predicted molar refractivity (Wildman–Crippen MR) is 51.1 cm³/mol. The van der Waals surface area contributed by atoms with E-state index in [9.17, 15) is 0 Å². The zero-order valence-corrected chi connectivity index (χ0v) is 7.98. The lowest BCUT2D eigenvalue weighted by Gasteiger charge is -2.37. The van der Waals surface area contributed by atoms with E-state index in [-0.39, 0.29) is 0 Å². The maximum absolute atomic E-state index is 3.46. The summed E-state index contributed by atoms with van der Waals surface area (Å²) >= 11 is 0. The molecule has 0 bridgehead atoms. The molecule has 2 nitrogen and oxygen atoms in total. The Hall–Kier alpha value is -0.340. The van der Waals surface area contributed by atoms with E-state index in [0.717, 1.165) is 13.1 Å². The van der Waals surface area contributed by atoms with E-state index in [1.165, 1.54) is 12.8 Å². The highest BCUT2D eigenvalue weighted by molar-refractivity contribution is 5.26. The van der Waals surface area contributed by atoms with Crippen molar-refractivity contribution in [2.45, 2.75) is 25.8 Å². The van der Waals surface area contributed by atoms with Crippen LogP contribution in [0.1, 0.15) is 19.8 Å². The Kier molecular flexibility index (Phi) is 1.97. The summed E-state index contributed by atoms with van der Waals surface area (Å²) in [7, 11) is 2.08. The molecule has 0 aromatic rings. The van der Waals surface area contributed by atoms with Crippen molar-refractivity contribution in [3.05, 3.63) is 11.6 Å². The monoisotopic (exact) mass is 166 g/mol. The van der Waals surface area contributed by atoms with Gasteiger partial charge in [0.1, 0.15) is 0 Å². The molecule has 0 unspecified atom stereocenters. The van der Waals surface area contributed by atoms with Crippen molar-refractivity contribution in [1.82, 2.24) is 10.6 Å². The molecule has 0 aromatic carbocycles. The minimum absolute atomic E-state index is 0.396. The van der Waals surface area contributed by atoms with Crippen LogP contribution in [0.2, 0.25) is 0 Å². The van der Waals surface area contributed by atoms with Gasteiger partial charge in [-0.1, -0.05) is 18.6 Å². The van der Waals surface area contributed by atoms with Gasteiger partial charge in [0.05, 0.1) is 0 Å². The molecule has 0 amide bonds. The minimum Gasteiger partial charge on any atom is -0.316 e. The van der Waals surface area contributed by atoms with Crippen LogP contribution < -0.4 is 10.6 Å². The predicted octanol–water partition coefficient (Wildman–Crippen LogP) is 0.904. The summed E-state index contributed by atoms with van der Waals surface area (Å²) in [6.45, 7) is 4.62. The summed E-state index contributed by atoms with van der Waals surface area (Å²) in [6, 6.07) is 0.674. The Balaban J connectivity index is 2.27. The molecule has 2 atom stereocenters. The van der Waals surface area contributed by atoms with E-state index in [4.69, 9.17) is 0 Å². The number of allylic oxidation sites excluding steroid dienone is 1. The van der Waals surface area contributed by atoms with E-state index in [2.05, 4.69) is 30.7 Å². The third kappa shape index (κ3) is 1.02. The lowest BCUT2D eigenvalue weighted by molar-refractivity contribution is 0.275. The molecule has 1 aliphatic heterocycles. The van der Waals surface area contributed by atoms with Crippen LogP contribution in [0.5, 0.6) is 0 Å². The van der Waals surface area contributed by atoms with Gasteiger partial charge in [0.25, 0.3) is 0 Å². The SMILES string of the molecule is CN[C@@H]1CCC=C2CNC[C@]21C. The Labute approximate surface area is 74.4 Å². The van der Waals surface area contributed by atoms with E-state index in [0.29, 0.717) is 11.5 Å². The van der Waals surface area contributed by atoms with Gasteiger partial charge < -0.3 is 10.6 Å². The smallest absolute Gasteiger partial charge is 0.0174 e. The molecule has 2 aliphatic rings. The van der Waals surface area contributed by atoms with Crippen molar-refractivity contribution in [2.75, 3.05) is 20.1 Å². The molecule has 2 heteroatoms.